The van der Waals surface area contributed by atoms with Crippen LogP contribution in [0.1, 0.15) is 31.4 Å². The minimum atomic E-state index is 0.0227. The van der Waals surface area contributed by atoms with E-state index >= 15 is 0 Å². The number of imidazole rings is 1. The molecule has 3 aromatic rings. The zero-order chi connectivity index (χ0) is 22.7. The highest BCUT2D eigenvalue weighted by Gasteiger charge is 2.23. The van der Waals surface area contributed by atoms with Crippen LogP contribution in [0.3, 0.4) is 0 Å². The number of amides is 1. The summed E-state index contributed by atoms with van der Waals surface area (Å²) in [4.78, 5) is 21.5. The number of nitrogens with one attached hydrogen (secondary N) is 1. The Morgan fingerprint density at radius 3 is 2.75 bits per heavy atom. The Kier molecular flexibility index (Phi) is 6.56. The van der Waals surface area contributed by atoms with E-state index in [9.17, 15) is 4.79 Å². The molecule has 168 valence electrons. The van der Waals surface area contributed by atoms with E-state index < -0.39 is 0 Å². The summed E-state index contributed by atoms with van der Waals surface area (Å²) in [7, 11) is 1.62. The van der Waals surface area contributed by atoms with E-state index in [1.807, 2.05) is 30.3 Å². The number of benzene rings is 1. The summed E-state index contributed by atoms with van der Waals surface area (Å²) in [5, 5.41) is 7.99. The van der Waals surface area contributed by atoms with Crippen LogP contribution in [-0.2, 0) is 11.4 Å². The zero-order valence-corrected chi connectivity index (χ0v) is 19.2. The lowest BCUT2D eigenvalue weighted by molar-refractivity contribution is -0.119. The van der Waals surface area contributed by atoms with Crippen molar-refractivity contribution in [1.82, 2.24) is 19.5 Å². The third-order valence-electron chi connectivity index (χ3n) is 5.37. The van der Waals surface area contributed by atoms with Crippen molar-refractivity contribution >= 4 is 44.6 Å². The molecule has 1 fully saturated rings. The van der Waals surface area contributed by atoms with Gasteiger partial charge in [-0.3, -0.25) is 9.80 Å². The van der Waals surface area contributed by atoms with E-state index in [1.165, 1.54) is 5.01 Å². The summed E-state index contributed by atoms with van der Waals surface area (Å²) in [6.07, 6.45) is 4.06. The maximum atomic E-state index is 12.4. The van der Waals surface area contributed by atoms with Crippen LogP contribution in [0.4, 0.5) is 5.82 Å². The Hall–Kier alpha value is -3.18. The van der Waals surface area contributed by atoms with Crippen molar-refractivity contribution in [3.8, 4) is 6.01 Å². The molecule has 1 saturated carbocycles. The van der Waals surface area contributed by atoms with Gasteiger partial charge in [-0.15, -0.1) is 5.10 Å². The number of carbonyl (C=O) groups is 1. The molecule has 0 unspecified atom stereocenters. The number of nitrogens with two attached hydrogens (primary N) is 2. The molecule has 0 radical (unpaired) electrons. The lowest BCUT2D eigenvalue weighted by atomic mass is 10.1. The van der Waals surface area contributed by atoms with Crippen LogP contribution in [0, 0.1) is 5.92 Å². The number of aromatic nitrogens is 3. The number of halogens is 1. The van der Waals surface area contributed by atoms with Gasteiger partial charge in [-0.05, 0) is 53.0 Å². The summed E-state index contributed by atoms with van der Waals surface area (Å²) >= 11 is 3.51. The van der Waals surface area contributed by atoms with Gasteiger partial charge in [0.1, 0.15) is 17.9 Å². The maximum absolute atomic E-state index is 12.4. The van der Waals surface area contributed by atoms with Gasteiger partial charge in [0.25, 0.3) is 0 Å². The number of anilines is 1. The third kappa shape index (κ3) is 4.53. The van der Waals surface area contributed by atoms with Gasteiger partial charge in [0, 0.05) is 17.4 Å². The molecule has 0 spiro atoms. The third-order valence-corrected chi connectivity index (χ3v) is 6.01. The number of ether oxygens (including phenoxy) is 1. The number of pyridine rings is 1. The van der Waals surface area contributed by atoms with E-state index in [-0.39, 0.29) is 30.4 Å². The second-order valence-corrected chi connectivity index (χ2v) is 8.51. The SMILES string of the molecule is CN(N)/C(=N\N)n1c(OCc2cccc(NC(=O)C3CCCC3)n2)nc2c(Br)cccc21. The fourth-order valence-corrected chi connectivity index (χ4v) is 4.27. The summed E-state index contributed by atoms with van der Waals surface area (Å²) < 4.78 is 8.42. The predicted molar refractivity (Wildman–Crippen MR) is 126 cm³/mol. The van der Waals surface area contributed by atoms with Crippen LogP contribution in [0.5, 0.6) is 6.01 Å². The van der Waals surface area contributed by atoms with Crippen molar-refractivity contribution < 1.29 is 9.53 Å². The monoisotopic (exact) mass is 500 g/mol. The molecule has 0 atom stereocenters. The summed E-state index contributed by atoms with van der Waals surface area (Å²) in [5.74, 6) is 12.4. The van der Waals surface area contributed by atoms with Gasteiger partial charge >= 0.3 is 6.01 Å². The van der Waals surface area contributed by atoms with E-state index in [4.69, 9.17) is 16.4 Å². The molecule has 1 aliphatic carbocycles. The molecule has 2 heterocycles. The molecular formula is C21H25BrN8O2. The number of nitrogens with zero attached hydrogens (tertiary/aromatic N) is 5. The summed E-state index contributed by atoms with van der Waals surface area (Å²) in [6, 6.07) is 11.3. The number of hydrazine groups is 1. The van der Waals surface area contributed by atoms with Crippen LogP contribution in [0.25, 0.3) is 11.0 Å². The minimum absolute atomic E-state index is 0.0227. The number of hydrogen-bond donors (Lipinski definition) is 3. The Bertz CT molecular complexity index is 1150. The van der Waals surface area contributed by atoms with Gasteiger partial charge in [0.05, 0.1) is 11.2 Å². The van der Waals surface area contributed by atoms with Crippen molar-refractivity contribution in [3.05, 3.63) is 46.6 Å². The summed E-state index contributed by atoms with van der Waals surface area (Å²) in [5.41, 5.74) is 2.04. The van der Waals surface area contributed by atoms with E-state index in [0.717, 1.165) is 35.7 Å². The van der Waals surface area contributed by atoms with Crippen molar-refractivity contribution in [2.45, 2.75) is 32.3 Å². The van der Waals surface area contributed by atoms with E-state index in [2.05, 4.69) is 36.3 Å². The maximum Gasteiger partial charge on any atom is 0.305 e. The second kappa shape index (κ2) is 9.53. The second-order valence-electron chi connectivity index (χ2n) is 7.65. The number of hydrogen-bond acceptors (Lipinski definition) is 7. The number of hydrazone groups is 1. The van der Waals surface area contributed by atoms with Gasteiger partial charge in [-0.1, -0.05) is 25.0 Å². The Morgan fingerprint density at radius 2 is 2.03 bits per heavy atom. The molecule has 0 aliphatic heterocycles. The van der Waals surface area contributed by atoms with E-state index in [1.54, 1.807) is 17.7 Å². The molecule has 1 aliphatic rings. The lowest BCUT2D eigenvalue weighted by Gasteiger charge is -2.17. The first-order valence-corrected chi connectivity index (χ1v) is 11.1. The van der Waals surface area contributed by atoms with Crippen LogP contribution in [0.2, 0.25) is 0 Å². The average Bonchev–Trinajstić information content (AvgIpc) is 3.43. The van der Waals surface area contributed by atoms with E-state index in [0.29, 0.717) is 17.0 Å². The fraction of sp³-hybridized carbons (Fsp3) is 0.333. The topological polar surface area (TPSA) is 137 Å². The minimum Gasteiger partial charge on any atom is -0.458 e. The molecule has 0 saturated heterocycles. The molecule has 1 amide bonds. The Balaban J connectivity index is 1.57. The predicted octanol–water partition coefficient (Wildman–Crippen LogP) is 2.78. The molecule has 32 heavy (non-hydrogen) atoms. The Labute approximate surface area is 193 Å². The first kappa shape index (κ1) is 22.0. The zero-order valence-electron chi connectivity index (χ0n) is 17.7. The summed E-state index contributed by atoms with van der Waals surface area (Å²) in [6.45, 7) is 0.125. The standard InChI is InChI=1S/C21H25BrN8O2/c1-29(24)20(28-23)30-16-10-5-9-15(22)18(16)27-21(30)32-12-14-8-4-11-17(25-14)26-19(31)13-6-2-3-7-13/h4-5,8-11,13H,2-3,6-7,12,23-24H2,1H3,(H,25,26,31)/b28-20+. The van der Waals surface area contributed by atoms with Gasteiger partial charge in [0.15, 0.2) is 0 Å². The van der Waals surface area contributed by atoms with Crippen LogP contribution in [0.15, 0.2) is 46.0 Å². The van der Waals surface area contributed by atoms with Gasteiger partial charge < -0.3 is 15.9 Å². The smallest absolute Gasteiger partial charge is 0.305 e. The van der Waals surface area contributed by atoms with Crippen molar-refractivity contribution in [2.75, 3.05) is 12.4 Å². The van der Waals surface area contributed by atoms with Crippen molar-refractivity contribution in [2.24, 2.45) is 22.7 Å². The fourth-order valence-electron chi connectivity index (χ4n) is 3.82. The molecule has 1 aromatic carbocycles. The van der Waals surface area contributed by atoms with Crippen molar-refractivity contribution in [1.29, 1.82) is 0 Å². The highest BCUT2D eigenvalue weighted by Crippen LogP contribution is 2.28. The molecule has 11 heteroatoms. The molecule has 10 nitrogen and oxygen atoms in total. The van der Waals surface area contributed by atoms with Crippen LogP contribution < -0.4 is 21.7 Å². The molecule has 4 rings (SSSR count). The normalized spacial score (nSPS) is 14.7. The quantitative estimate of drug-likeness (QED) is 0.212. The largest absolute Gasteiger partial charge is 0.458 e. The molecule has 0 bridgehead atoms. The highest BCUT2D eigenvalue weighted by atomic mass is 79.9. The highest BCUT2D eigenvalue weighted by molar-refractivity contribution is 9.10. The van der Waals surface area contributed by atoms with Gasteiger partial charge in [-0.25, -0.2) is 15.4 Å². The Morgan fingerprint density at radius 1 is 1.28 bits per heavy atom. The van der Waals surface area contributed by atoms with Gasteiger partial charge in [-0.2, -0.15) is 4.98 Å². The van der Waals surface area contributed by atoms with Crippen LogP contribution >= 0.6 is 15.9 Å². The first-order valence-electron chi connectivity index (χ1n) is 10.3. The number of para-hydroxylation sites is 1. The average molecular weight is 501 g/mol. The number of fused-ring (bicyclic) bond motifs is 1. The number of rotatable bonds is 5. The lowest BCUT2D eigenvalue weighted by Crippen LogP contribution is -2.39. The first-order chi connectivity index (χ1) is 15.5. The molecular weight excluding hydrogens is 476 g/mol. The van der Waals surface area contributed by atoms with Gasteiger partial charge in [0.2, 0.25) is 11.9 Å². The molecule has 2 aromatic heterocycles. The van der Waals surface area contributed by atoms with Crippen LogP contribution in [-0.4, -0.2) is 38.5 Å². The van der Waals surface area contributed by atoms with Crippen molar-refractivity contribution in [3.63, 3.8) is 0 Å². The molecule has 5 N–H and O–H groups in total. The number of carbonyl (C=O) groups excluding carboxylic acids is 1.